The first-order valence-electron chi connectivity index (χ1n) is 7.85. The maximum Gasteiger partial charge on any atom is 0.274 e. The van der Waals surface area contributed by atoms with Crippen molar-refractivity contribution in [2.75, 3.05) is 0 Å². The van der Waals surface area contributed by atoms with Gasteiger partial charge in [0.1, 0.15) is 0 Å². The summed E-state index contributed by atoms with van der Waals surface area (Å²) < 4.78 is 7.31. The summed E-state index contributed by atoms with van der Waals surface area (Å²) in [4.78, 5) is 12.4. The molecule has 0 aliphatic heterocycles. The number of benzene rings is 1. The molecule has 0 amide bonds. The molecule has 6 heteroatoms. The summed E-state index contributed by atoms with van der Waals surface area (Å²) >= 11 is 0. The Hall–Kier alpha value is -2.50. The predicted molar refractivity (Wildman–Crippen MR) is 86.1 cm³/mol. The Morgan fingerprint density at radius 3 is 2.61 bits per heavy atom. The molecule has 2 heterocycles. The van der Waals surface area contributed by atoms with Gasteiger partial charge in [-0.15, -0.1) is 10.2 Å². The van der Waals surface area contributed by atoms with E-state index in [0.717, 1.165) is 11.8 Å². The van der Waals surface area contributed by atoms with Gasteiger partial charge in [-0.25, -0.2) is 4.68 Å². The average Bonchev–Trinajstić information content (AvgIpc) is 2.97. The zero-order valence-corrected chi connectivity index (χ0v) is 13.4. The van der Waals surface area contributed by atoms with Crippen LogP contribution in [0.1, 0.15) is 39.0 Å². The fraction of sp³-hybridized carbons (Fsp3) is 0.412. The van der Waals surface area contributed by atoms with Crippen LogP contribution in [0.3, 0.4) is 0 Å². The molecule has 23 heavy (non-hydrogen) atoms. The molecule has 2 aromatic heterocycles. The summed E-state index contributed by atoms with van der Waals surface area (Å²) in [6.45, 7) is 6.76. The summed E-state index contributed by atoms with van der Waals surface area (Å²) in [5.41, 5.74) is 0.691. The van der Waals surface area contributed by atoms with Crippen LogP contribution >= 0.6 is 0 Å². The summed E-state index contributed by atoms with van der Waals surface area (Å²) in [6.07, 6.45) is 1.05. The van der Waals surface area contributed by atoms with Crippen molar-refractivity contribution in [3.63, 3.8) is 0 Å². The van der Waals surface area contributed by atoms with E-state index in [1.54, 1.807) is 6.07 Å². The Balaban J connectivity index is 1.89. The number of rotatable bonds is 3. The van der Waals surface area contributed by atoms with E-state index in [-0.39, 0.29) is 11.0 Å². The first kappa shape index (κ1) is 14.1. The fourth-order valence-corrected chi connectivity index (χ4v) is 2.97. The van der Waals surface area contributed by atoms with Gasteiger partial charge in [-0.2, -0.15) is 5.10 Å². The topological polar surface area (TPSA) is 73.8 Å². The van der Waals surface area contributed by atoms with Gasteiger partial charge in [-0.1, -0.05) is 32.0 Å². The molecule has 1 aromatic carbocycles. The molecule has 1 fully saturated rings. The first-order valence-corrected chi connectivity index (χ1v) is 7.85. The minimum absolute atomic E-state index is 0.102. The number of hydrogen-bond donors (Lipinski definition) is 0. The summed E-state index contributed by atoms with van der Waals surface area (Å²) in [5, 5.41) is 14.2. The van der Waals surface area contributed by atoms with Gasteiger partial charge in [0.25, 0.3) is 11.4 Å². The van der Waals surface area contributed by atoms with Crippen molar-refractivity contribution in [3.8, 4) is 11.6 Å². The van der Waals surface area contributed by atoms with Crippen molar-refractivity contribution in [2.24, 2.45) is 5.41 Å². The lowest BCUT2D eigenvalue weighted by Crippen LogP contribution is -2.22. The molecule has 4 rings (SSSR count). The molecule has 6 nitrogen and oxygen atoms in total. The van der Waals surface area contributed by atoms with Crippen molar-refractivity contribution in [1.82, 2.24) is 20.0 Å². The largest absolute Gasteiger partial charge is 0.419 e. The fourth-order valence-electron chi connectivity index (χ4n) is 2.97. The molecule has 0 unspecified atom stereocenters. The van der Waals surface area contributed by atoms with Crippen LogP contribution in [0.5, 0.6) is 0 Å². The van der Waals surface area contributed by atoms with Gasteiger partial charge in [0.05, 0.1) is 5.39 Å². The third-order valence-electron chi connectivity index (χ3n) is 4.62. The third-order valence-corrected chi connectivity index (χ3v) is 4.62. The molecule has 0 radical (unpaired) electrons. The SMILES string of the molecule is CCn1nc(-c2nnc([C@H]3CC3(C)C)o2)c2ccccc2c1=O. The Morgan fingerprint density at radius 2 is 1.96 bits per heavy atom. The summed E-state index contributed by atoms with van der Waals surface area (Å²) in [6, 6.07) is 7.39. The average molecular weight is 310 g/mol. The smallest absolute Gasteiger partial charge is 0.274 e. The van der Waals surface area contributed by atoms with Crippen LogP contribution in [0, 0.1) is 5.41 Å². The van der Waals surface area contributed by atoms with Crippen molar-refractivity contribution >= 4 is 10.8 Å². The Morgan fingerprint density at radius 1 is 1.26 bits per heavy atom. The molecule has 3 aromatic rings. The van der Waals surface area contributed by atoms with Gasteiger partial charge in [0.15, 0.2) is 5.69 Å². The molecule has 0 spiro atoms. The third kappa shape index (κ3) is 2.17. The van der Waals surface area contributed by atoms with E-state index in [0.29, 0.717) is 35.3 Å². The molecule has 1 aliphatic carbocycles. The van der Waals surface area contributed by atoms with Gasteiger partial charge in [-0.05, 0) is 24.8 Å². The van der Waals surface area contributed by atoms with Crippen molar-refractivity contribution in [2.45, 2.75) is 39.7 Å². The highest BCUT2D eigenvalue weighted by Crippen LogP contribution is 2.58. The lowest BCUT2D eigenvalue weighted by atomic mass is 10.1. The number of aromatic nitrogens is 4. The molecular weight excluding hydrogens is 292 g/mol. The number of aryl methyl sites for hydroxylation is 1. The zero-order chi connectivity index (χ0) is 16.2. The normalized spacial score (nSPS) is 19.2. The lowest BCUT2D eigenvalue weighted by Gasteiger charge is -2.06. The van der Waals surface area contributed by atoms with Crippen LogP contribution in [0.25, 0.3) is 22.4 Å². The molecule has 0 saturated heterocycles. The Labute approximate surface area is 133 Å². The number of nitrogens with zero attached hydrogens (tertiary/aromatic N) is 4. The van der Waals surface area contributed by atoms with Crippen molar-refractivity contribution in [3.05, 3.63) is 40.5 Å². The van der Waals surface area contributed by atoms with E-state index in [1.165, 1.54) is 4.68 Å². The molecular formula is C17H18N4O2. The number of fused-ring (bicyclic) bond motifs is 1. The predicted octanol–water partition coefficient (Wildman–Crippen LogP) is 2.98. The highest BCUT2D eigenvalue weighted by Gasteiger charge is 2.50. The van der Waals surface area contributed by atoms with Crippen LogP contribution in [-0.2, 0) is 6.54 Å². The Bertz CT molecular complexity index is 955. The maximum absolute atomic E-state index is 12.4. The monoisotopic (exact) mass is 310 g/mol. The first-order chi connectivity index (χ1) is 11.0. The van der Waals surface area contributed by atoms with Gasteiger partial charge in [-0.3, -0.25) is 4.79 Å². The standard InChI is InChI=1S/C17H18N4O2/c1-4-21-16(22)11-8-6-5-7-10(11)13(20-21)15-19-18-14(23-15)12-9-17(12,2)3/h5-8,12H,4,9H2,1-3H3/t12-/m1/s1. The zero-order valence-electron chi connectivity index (χ0n) is 13.4. The number of hydrogen-bond acceptors (Lipinski definition) is 5. The van der Waals surface area contributed by atoms with E-state index in [1.807, 2.05) is 25.1 Å². The summed E-state index contributed by atoms with van der Waals surface area (Å²) in [5.74, 6) is 1.35. The van der Waals surface area contributed by atoms with E-state index < -0.39 is 0 Å². The van der Waals surface area contributed by atoms with Crippen molar-refractivity contribution < 1.29 is 4.42 Å². The quantitative estimate of drug-likeness (QED) is 0.743. The van der Waals surface area contributed by atoms with E-state index in [2.05, 4.69) is 29.1 Å². The summed E-state index contributed by atoms with van der Waals surface area (Å²) in [7, 11) is 0. The highest BCUT2D eigenvalue weighted by atomic mass is 16.4. The van der Waals surface area contributed by atoms with Crippen LogP contribution in [-0.4, -0.2) is 20.0 Å². The minimum Gasteiger partial charge on any atom is -0.419 e. The maximum atomic E-state index is 12.4. The van der Waals surface area contributed by atoms with Crippen LogP contribution in [0.15, 0.2) is 33.5 Å². The van der Waals surface area contributed by atoms with Gasteiger partial charge in [0.2, 0.25) is 5.89 Å². The van der Waals surface area contributed by atoms with Crippen molar-refractivity contribution in [1.29, 1.82) is 0 Å². The van der Waals surface area contributed by atoms with Gasteiger partial charge in [0, 0.05) is 17.8 Å². The van der Waals surface area contributed by atoms with Crippen LogP contribution in [0.2, 0.25) is 0 Å². The molecule has 118 valence electrons. The molecule has 1 saturated carbocycles. The molecule has 0 N–H and O–H groups in total. The second-order valence-corrected chi connectivity index (χ2v) is 6.71. The second-order valence-electron chi connectivity index (χ2n) is 6.71. The van der Waals surface area contributed by atoms with Gasteiger partial charge < -0.3 is 4.42 Å². The second kappa shape index (κ2) is 4.75. The Kier molecular flexibility index (Phi) is 2.91. The van der Waals surface area contributed by atoms with Crippen LogP contribution in [0.4, 0.5) is 0 Å². The molecule has 0 bridgehead atoms. The van der Waals surface area contributed by atoms with E-state index in [4.69, 9.17) is 4.42 Å². The van der Waals surface area contributed by atoms with E-state index >= 15 is 0 Å². The minimum atomic E-state index is -0.102. The van der Waals surface area contributed by atoms with E-state index in [9.17, 15) is 4.79 Å². The molecule has 1 atom stereocenters. The molecule has 1 aliphatic rings. The highest BCUT2D eigenvalue weighted by molar-refractivity contribution is 5.91. The van der Waals surface area contributed by atoms with Gasteiger partial charge >= 0.3 is 0 Å². The lowest BCUT2D eigenvalue weighted by molar-refractivity contribution is 0.473. The van der Waals surface area contributed by atoms with Crippen LogP contribution < -0.4 is 5.56 Å².